The number of aryl methyl sites for hydroxylation is 2. The maximum Gasteiger partial charge on any atom is 0.379 e. The van der Waals surface area contributed by atoms with E-state index in [2.05, 4.69) is 4.74 Å². The van der Waals surface area contributed by atoms with Crippen molar-refractivity contribution in [1.29, 1.82) is 0 Å². The molecule has 0 amide bonds. The van der Waals surface area contributed by atoms with Crippen molar-refractivity contribution in [2.75, 3.05) is 6.61 Å². The van der Waals surface area contributed by atoms with E-state index in [1.165, 1.54) is 0 Å². The molecule has 0 aliphatic carbocycles. The molecule has 0 saturated carbocycles. The predicted molar refractivity (Wildman–Crippen MR) is 61.6 cm³/mol. The summed E-state index contributed by atoms with van der Waals surface area (Å²) >= 11 is 0. The number of hydrogen-bond acceptors (Lipinski definition) is 3. The number of Topliss-reactive ketones (excluding diaryl/α,β-unsaturated/α-hetero) is 1. The van der Waals surface area contributed by atoms with E-state index < -0.39 is 11.8 Å². The van der Waals surface area contributed by atoms with E-state index in [9.17, 15) is 9.59 Å². The van der Waals surface area contributed by atoms with Gasteiger partial charge < -0.3 is 4.74 Å². The van der Waals surface area contributed by atoms with Gasteiger partial charge in [-0.15, -0.1) is 0 Å². The summed E-state index contributed by atoms with van der Waals surface area (Å²) in [6, 6.07) is 3.45. The molecule has 0 unspecified atom stereocenters. The second-order valence-corrected chi connectivity index (χ2v) is 3.78. The summed E-state index contributed by atoms with van der Waals surface area (Å²) in [6.45, 7) is 7.73. The van der Waals surface area contributed by atoms with Gasteiger partial charge in [0.1, 0.15) is 0 Å². The molecule has 3 heteroatoms. The van der Waals surface area contributed by atoms with Crippen LogP contribution in [0.5, 0.6) is 0 Å². The van der Waals surface area contributed by atoms with Crippen molar-refractivity contribution < 1.29 is 14.3 Å². The van der Waals surface area contributed by atoms with Gasteiger partial charge in [0.25, 0.3) is 5.78 Å². The maximum atomic E-state index is 11.7. The van der Waals surface area contributed by atoms with Crippen molar-refractivity contribution in [3.8, 4) is 0 Å². The summed E-state index contributed by atoms with van der Waals surface area (Å²) < 4.78 is 4.68. The average molecular weight is 220 g/mol. The lowest BCUT2D eigenvalue weighted by Crippen LogP contribution is -2.17. The second-order valence-electron chi connectivity index (χ2n) is 3.78. The van der Waals surface area contributed by atoms with Gasteiger partial charge in [-0.25, -0.2) is 4.79 Å². The fourth-order valence-corrected chi connectivity index (χ4v) is 1.48. The standard InChI is InChI=1S/C13H16O3/c1-5-16-13(15)12(14)11-6-8(2)10(4)9(3)7-11/h6-7H,5H2,1-4H3. The largest absolute Gasteiger partial charge is 0.460 e. The minimum Gasteiger partial charge on any atom is -0.460 e. The highest BCUT2D eigenvalue weighted by molar-refractivity contribution is 6.40. The lowest BCUT2D eigenvalue weighted by Gasteiger charge is -2.07. The van der Waals surface area contributed by atoms with Gasteiger partial charge in [0.2, 0.25) is 0 Å². The maximum absolute atomic E-state index is 11.7. The molecule has 0 atom stereocenters. The molecule has 1 aromatic carbocycles. The molecule has 3 nitrogen and oxygen atoms in total. The molecule has 0 aromatic heterocycles. The van der Waals surface area contributed by atoms with Crippen molar-refractivity contribution in [1.82, 2.24) is 0 Å². The van der Waals surface area contributed by atoms with Crippen LogP contribution in [0.15, 0.2) is 12.1 Å². The van der Waals surface area contributed by atoms with Gasteiger partial charge in [0.05, 0.1) is 6.61 Å². The highest BCUT2D eigenvalue weighted by Gasteiger charge is 2.18. The number of carbonyl (C=O) groups excluding carboxylic acids is 2. The van der Waals surface area contributed by atoms with E-state index >= 15 is 0 Å². The molecule has 16 heavy (non-hydrogen) atoms. The molecule has 0 aliphatic heterocycles. The average Bonchev–Trinajstić information content (AvgIpc) is 2.24. The summed E-state index contributed by atoms with van der Waals surface area (Å²) in [4.78, 5) is 23.0. The molecule has 1 aromatic rings. The van der Waals surface area contributed by atoms with Crippen LogP contribution < -0.4 is 0 Å². The van der Waals surface area contributed by atoms with Crippen LogP contribution >= 0.6 is 0 Å². The Kier molecular flexibility index (Phi) is 3.82. The Balaban J connectivity index is 3.06. The van der Waals surface area contributed by atoms with E-state index in [-0.39, 0.29) is 6.61 Å². The zero-order valence-electron chi connectivity index (χ0n) is 10.1. The quantitative estimate of drug-likeness (QED) is 0.446. The number of ether oxygens (including phenoxy) is 1. The van der Waals surface area contributed by atoms with Crippen LogP contribution in [-0.2, 0) is 9.53 Å². The molecule has 0 N–H and O–H groups in total. The number of hydrogen-bond donors (Lipinski definition) is 0. The number of carbonyl (C=O) groups is 2. The van der Waals surface area contributed by atoms with E-state index in [1.54, 1.807) is 19.1 Å². The van der Waals surface area contributed by atoms with Crippen molar-refractivity contribution in [3.05, 3.63) is 34.4 Å². The third kappa shape index (κ3) is 2.48. The van der Waals surface area contributed by atoms with Crippen molar-refractivity contribution in [2.24, 2.45) is 0 Å². The topological polar surface area (TPSA) is 43.4 Å². The molecular formula is C13H16O3. The summed E-state index contributed by atoms with van der Waals surface area (Å²) in [7, 11) is 0. The highest BCUT2D eigenvalue weighted by atomic mass is 16.5. The fraction of sp³-hybridized carbons (Fsp3) is 0.385. The Morgan fingerprint density at radius 3 is 2.06 bits per heavy atom. The fourth-order valence-electron chi connectivity index (χ4n) is 1.48. The first-order valence-corrected chi connectivity index (χ1v) is 5.26. The zero-order valence-corrected chi connectivity index (χ0v) is 10.1. The van der Waals surface area contributed by atoms with E-state index in [1.807, 2.05) is 20.8 Å². The summed E-state index contributed by atoms with van der Waals surface area (Å²) in [5.74, 6) is -1.36. The second kappa shape index (κ2) is 4.92. The minimum atomic E-state index is -0.787. The number of benzene rings is 1. The predicted octanol–water partition coefficient (Wildman–Crippen LogP) is 2.36. The smallest absolute Gasteiger partial charge is 0.379 e. The first kappa shape index (κ1) is 12.4. The summed E-state index contributed by atoms with van der Waals surface area (Å²) in [6.07, 6.45) is 0. The highest BCUT2D eigenvalue weighted by Crippen LogP contribution is 2.16. The number of rotatable bonds is 3. The first-order valence-electron chi connectivity index (χ1n) is 5.26. The van der Waals surface area contributed by atoms with Gasteiger partial charge in [-0.3, -0.25) is 4.79 Å². The van der Waals surface area contributed by atoms with E-state index in [0.29, 0.717) is 5.56 Å². The molecule has 0 heterocycles. The normalized spacial score (nSPS) is 10.0. The number of esters is 1. The molecule has 86 valence electrons. The monoisotopic (exact) mass is 220 g/mol. The lowest BCUT2D eigenvalue weighted by atomic mass is 9.98. The number of ketones is 1. The molecule has 0 bridgehead atoms. The molecule has 0 saturated heterocycles. The van der Waals surface area contributed by atoms with Crippen LogP contribution in [-0.4, -0.2) is 18.4 Å². The Bertz CT molecular complexity index is 410. The van der Waals surface area contributed by atoms with Crippen molar-refractivity contribution >= 4 is 11.8 Å². The van der Waals surface area contributed by atoms with Gasteiger partial charge in [0, 0.05) is 5.56 Å². The van der Waals surface area contributed by atoms with Gasteiger partial charge in [0.15, 0.2) is 0 Å². The Hall–Kier alpha value is -1.64. The zero-order chi connectivity index (χ0) is 12.3. The first-order chi connectivity index (χ1) is 7.47. The Labute approximate surface area is 95.4 Å². The van der Waals surface area contributed by atoms with Crippen LogP contribution in [0.25, 0.3) is 0 Å². The van der Waals surface area contributed by atoms with Gasteiger partial charge in [-0.05, 0) is 56.5 Å². The van der Waals surface area contributed by atoms with E-state index in [0.717, 1.165) is 16.7 Å². The van der Waals surface area contributed by atoms with Gasteiger partial charge in [-0.2, -0.15) is 0 Å². The molecule has 0 aliphatic rings. The summed E-state index contributed by atoms with van der Waals surface area (Å²) in [5, 5.41) is 0. The molecule has 0 radical (unpaired) electrons. The minimum absolute atomic E-state index is 0.217. The summed E-state index contributed by atoms with van der Waals surface area (Å²) in [5.41, 5.74) is 3.56. The Morgan fingerprint density at radius 1 is 1.12 bits per heavy atom. The van der Waals surface area contributed by atoms with Crippen LogP contribution in [0, 0.1) is 20.8 Å². The SMILES string of the molecule is CCOC(=O)C(=O)c1cc(C)c(C)c(C)c1. The van der Waals surface area contributed by atoms with Crippen LogP contribution in [0.3, 0.4) is 0 Å². The van der Waals surface area contributed by atoms with Crippen LogP contribution in [0.2, 0.25) is 0 Å². The molecular weight excluding hydrogens is 204 g/mol. The molecule has 1 rings (SSSR count). The molecule has 0 spiro atoms. The van der Waals surface area contributed by atoms with Crippen molar-refractivity contribution in [2.45, 2.75) is 27.7 Å². The van der Waals surface area contributed by atoms with Crippen molar-refractivity contribution in [3.63, 3.8) is 0 Å². The third-order valence-electron chi connectivity index (χ3n) is 2.65. The third-order valence-corrected chi connectivity index (χ3v) is 2.65. The van der Waals surface area contributed by atoms with Crippen LogP contribution in [0.4, 0.5) is 0 Å². The lowest BCUT2D eigenvalue weighted by molar-refractivity contribution is -0.137. The molecule has 0 fully saturated rings. The van der Waals surface area contributed by atoms with E-state index in [4.69, 9.17) is 0 Å². The Morgan fingerprint density at radius 2 is 1.62 bits per heavy atom. The van der Waals surface area contributed by atoms with Gasteiger partial charge in [-0.1, -0.05) is 0 Å². The van der Waals surface area contributed by atoms with Gasteiger partial charge >= 0.3 is 5.97 Å². The van der Waals surface area contributed by atoms with Crippen LogP contribution in [0.1, 0.15) is 34.0 Å².